The lowest BCUT2D eigenvalue weighted by molar-refractivity contribution is 0.478. The third-order valence-electron chi connectivity index (χ3n) is 2.75. The maximum atomic E-state index is 11.4. The number of nitrogen functional groups attached to an aromatic ring is 1. The van der Waals surface area contributed by atoms with Gasteiger partial charge in [0.2, 0.25) is 0 Å². The Hall–Kier alpha value is -1.36. The molecule has 8 nitrogen and oxygen atoms in total. The third kappa shape index (κ3) is 3.39. The van der Waals surface area contributed by atoms with Crippen LogP contribution in [0.4, 0.5) is 11.4 Å². The molecular formula is C10H16N2O6S2. The van der Waals surface area contributed by atoms with Crippen LogP contribution in [-0.2, 0) is 20.2 Å². The van der Waals surface area contributed by atoms with Gasteiger partial charge < -0.3 is 10.6 Å². The van der Waals surface area contributed by atoms with E-state index >= 15 is 0 Å². The zero-order chi connectivity index (χ0) is 15.7. The summed E-state index contributed by atoms with van der Waals surface area (Å²) in [4.78, 5) is 0.398. The number of nitrogens with zero attached hydrogens (tertiary/aromatic N) is 1. The van der Waals surface area contributed by atoms with Crippen LogP contribution in [0.25, 0.3) is 0 Å². The molecule has 4 N–H and O–H groups in total. The van der Waals surface area contributed by atoms with Gasteiger partial charge in [0.05, 0.1) is 11.4 Å². The van der Waals surface area contributed by atoms with Gasteiger partial charge in [0.1, 0.15) is 9.79 Å². The fraction of sp³-hybridized carbons (Fsp3) is 0.400. The largest absolute Gasteiger partial charge is 0.398 e. The average Bonchev–Trinajstić information content (AvgIpc) is 2.29. The summed E-state index contributed by atoms with van der Waals surface area (Å²) in [5, 5.41) is 0. The van der Waals surface area contributed by atoms with Gasteiger partial charge in [0.15, 0.2) is 0 Å². The summed E-state index contributed by atoms with van der Waals surface area (Å²) >= 11 is 0. The summed E-state index contributed by atoms with van der Waals surface area (Å²) < 4.78 is 63.4. The highest BCUT2D eigenvalue weighted by Crippen LogP contribution is 2.32. The molecule has 20 heavy (non-hydrogen) atoms. The van der Waals surface area contributed by atoms with Gasteiger partial charge in [-0.1, -0.05) is 0 Å². The second kappa shape index (κ2) is 5.56. The van der Waals surface area contributed by atoms with Gasteiger partial charge in [0, 0.05) is 13.1 Å². The van der Waals surface area contributed by atoms with Crippen LogP contribution >= 0.6 is 0 Å². The number of hydrogen-bond acceptors (Lipinski definition) is 6. The monoisotopic (exact) mass is 324 g/mol. The highest BCUT2D eigenvalue weighted by atomic mass is 32.2. The molecule has 114 valence electrons. The molecule has 0 aliphatic heterocycles. The quantitative estimate of drug-likeness (QED) is 0.529. The predicted molar refractivity (Wildman–Crippen MR) is 74.0 cm³/mol. The molecule has 0 fully saturated rings. The second-order valence-corrected chi connectivity index (χ2v) is 6.76. The zero-order valence-electron chi connectivity index (χ0n) is 10.9. The first kappa shape index (κ1) is 16.7. The Morgan fingerprint density at radius 3 is 1.80 bits per heavy atom. The predicted octanol–water partition coefficient (Wildman–Crippen LogP) is 0.608. The summed E-state index contributed by atoms with van der Waals surface area (Å²) in [7, 11) is -9.18. The normalized spacial score (nSPS) is 12.4. The summed E-state index contributed by atoms with van der Waals surface area (Å²) in [6.45, 7) is 4.18. The molecule has 0 aliphatic carbocycles. The lowest BCUT2D eigenvalue weighted by Crippen LogP contribution is -2.24. The Balaban J connectivity index is 3.76. The summed E-state index contributed by atoms with van der Waals surface area (Å²) in [5.41, 5.74) is 4.92. The first-order chi connectivity index (χ1) is 9.02. The number of nitrogens with two attached hydrogens (primary N) is 1. The molecule has 0 spiro atoms. The van der Waals surface area contributed by atoms with Crippen LogP contribution < -0.4 is 10.6 Å². The van der Waals surface area contributed by atoms with Crippen LogP contribution in [0.3, 0.4) is 0 Å². The number of rotatable bonds is 5. The van der Waals surface area contributed by atoms with E-state index in [2.05, 4.69) is 0 Å². The molecule has 10 heteroatoms. The van der Waals surface area contributed by atoms with Crippen molar-refractivity contribution >= 4 is 31.6 Å². The second-order valence-electron chi connectivity index (χ2n) is 3.98. The number of benzene rings is 1. The van der Waals surface area contributed by atoms with E-state index in [0.29, 0.717) is 13.1 Å². The lowest BCUT2D eigenvalue weighted by Gasteiger charge is -2.24. The molecule has 0 saturated heterocycles. The summed E-state index contributed by atoms with van der Waals surface area (Å²) in [6.07, 6.45) is 0. The SMILES string of the molecule is CCN(CC)c1cc(S(=O)(=O)O)c(N)cc1S(=O)(=O)O. The standard InChI is InChI=1S/C10H16N2O6S2/c1-3-12(4-2)8-6-9(19(13,14)15)7(11)5-10(8)20(16,17)18/h5-6H,3-4,11H2,1-2H3,(H,13,14,15)(H,16,17,18). The van der Waals surface area contributed by atoms with E-state index < -0.39 is 35.7 Å². The topological polar surface area (TPSA) is 138 Å². The van der Waals surface area contributed by atoms with Crippen molar-refractivity contribution in [2.45, 2.75) is 23.6 Å². The van der Waals surface area contributed by atoms with Crippen molar-refractivity contribution in [3.63, 3.8) is 0 Å². The fourth-order valence-corrected chi connectivity index (χ4v) is 3.15. The minimum absolute atomic E-state index is 0.0423. The van der Waals surface area contributed by atoms with Gasteiger partial charge in [-0.2, -0.15) is 16.8 Å². The van der Waals surface area contributed by atoms with Gasteiger partial charge in [-0.3, -0.25) is 9.11 Å². The first-order valence-electron chi connectivity index (χ1n) is 5.65. The average molecular weight is 324 g/mol. The van der Waals surface area contributed by atoms with Crippen molar-refractivity contribution < 1.29 is 25.9 Å². The zero-order valence-corrected chi connectivity index (χ0v) is 12.6. The smallest absolute Gasteiger partial charge is 0.296 e. The van der Waals surface area contributed by atoms with E-state index in [-0.39, 0.29) is 5.69 Å². The number of hydrogen-bond donors (Lipinski definition) is 3. The molecule has 0 bridgehead atoms. The van der Waals surface area contributed by atoms with Crippen LogP contribution in [0.5, 0.6) is 0 Å². The molecule has 0 atom stereocenters. The van der Waals surface area contributed by atoms with Crippen molar-refractivity contribution in [2.24, 2.45) is 0 Å². The maximum Gasteiger partial charge on any atom is 0.296 e. The van der Waals surface area contributed by atoms with E-state index in [1.807, 2.05) is 0 Å². The van der Waals surface area contributed by atoms with Crippen molar-refractivity contribution in [1.82, 2.24) is 0 Å². The Morgan fingerprint density at radius 1 is 1.00 bits per heavy atom. The van der Waals surface area contributed by atoms with Gasteiger partial charge in [-0.15, -0.1) is 0 Å². The summed E-state index contributed by atoms with van der Waals surface area (Å²) in [6, 6.07) is 1.74. The lowest BCUT2D eigenvalue weighted by atomic mass is 10.2. The van der Waals surface area contributed by atoms with Crippen molar-refractivity contribution in [2.75, 3.05) is 23.7 Å². The van der Waals surface area contributed by atoms with Crippen LogP contribution in [0, 0.1) is 0 Å². The van der Waals surface area contributed by atoms with Crippen LogP contribution in [0.15, 0.2) is 21.9 Å². The van der Waals surface area contributed by atoms with Crippen molar-refractivity contribution in [3.05, 3.63) is 12.1 Å². The Morgan fingerprint density at radius 2 is 1.45 bits per heavy atom. The molecule has 0 aliphatic rings. The van der Waals surface area contributed by atoms with Crippen molar-refractivity contribution in [3.8, 4) is 0 Å². The van der Waals surface area contributed by atoms with Gasteiger partial charge >= 0.3 is 0 Å². The molecule has 0 unspecified atom stereocenters. The van der Waals surface area contributed by atoms with Gasteiger partial charge in [-0.05, 0) is 26.0 Å². The minimum Gasteiger partial charge on any atom is -0.398 e. The maximum absolute atomic E-state index is 11.4. The minimum atomic E-state index is -4.60. The molecule has 1 aromatic carbocycles. The van der Waals surface area contributed by atoms with E-state index in [9.17, 15) is 21.4 Å². The molecule has 0 amide bonds. The molecule has 1 rings (SSSR count). The molecule has 0 saturated carbocycles. The number of anilines is 2. The molecule has 1 aromatic rings. The molecular weight excluding hydrogens is 308 g/mol. The molecule has 0 aromatic heterocycles. The van der Waals surface area contributed by atoms with Gasteiger partial charge in [-0.25, -0.2) is 0 Å². The highest BCUT2D eigenvalue weighted by molar-refractivity contribution is 7.86. The Labute approximate surface area is 117 Å². The van der Waals surface area contributed by atoms with Crippen LogP contribution in [0.1, 0.15) is 13.8 Å². The third-order valence-corrected chi connectivity index (χ3v) is 4.54. The van der Waals surface area contributed by atoms with E-state index in [0.717, 1.165) is 12.1 Å². The highest BCUT2D eigenvalue weighted by Gasteiger charge is 2.25. The van der Waals surface area contributed by atoms with Crippen LogP contribution in [-0.4, -0.2) is 39.0 Å². The van der Waals surface area contributed by atoms with E-state index in [4.69, 9.17) is 10.3 Å². The Kier molecular flexibility index (Phi) is 4.64. The van der Waals surface area contributed by atoms with Crippen LogP contribution in [0.2, 0.25) is 0 Å². The molecule has 0 heterocycles. The van der Waals surface area contributed by atoms with Crippen molar-refractivity contribution in [1.29, 1.82) is 0 Å². The van der Waals surface area contributed by atoms with Gasteiger partial charge in [0.25, 0.3) is 20.2 Å². The van der Waals surface area contributed by atoms with E-state index in [1.165, 1.54) is 4.90 Å². The fourth-order valence-electron chi connectivity index (χ4n) is 1.81. The first-order valence-corrected chi connectivity index (χ1v) is 8.53. The van der Waals surface area contributed by atoms with E-state index in [1.54, 1.807) is 13.8 Å². The molecule has 0 radical (unpaired) electrons. The Bertz CT molecular complexity index is 708. The summed E-state index contributed by atoms with van der Waals surface area (Å²) in [5.74, 6) is 0.